The highest BCUT2D eigenvalue weighted by atomic mass is 79.9. The first-order valence-corrected chi connectivity index (χ1v) is 7.25. The maximum Gasteiger partial charge on any atom is 0.119 e. The fraction of sp³-hybridized carbons (Fsp3) is 0.571. The molecule has 1 unspecified atom stereocenters. The van der Waals surface area contributed by atoms with Crippen LogP contribution in [0.25, 0.3) is 0 Å². The van der Waals surface area contributed by atoms with Gasteiger partial charge in [-0.15, -0.1) is 0 Å². The summed E-state index contributed by atoms with van der Waals surface area (Å²) in [4.78, 5) is 0. The molecule has 106 valence electrons. The molecule has 1 heterocycles. The first kappa shape index (κ1) is 14.8. The Morgan fingerprint density at radius 1 is 1.37 bits per heavy atom. The maximum absolute atomic E-state index is 5.64. The van der Waals surface area contributed by atoms with Gasteiger partial charge in [-0.1, -0.05) is 15.9 Å². The molecule has 1 N–H and O–H groups in total. The third kappa shape index (κ3) is 4.45. The lowest BCUT2D eigenvalue weighted by atomic mass is 10.0. The Morgan fingerprint density at radius 3 is 2.79 bits per heavy atom. The fourth-order valence-electron chi connectivity index (χ4n) is 2.05. The Hall–Kier alpha value is -0.620. The van der Waals surface area contributed by atoms with Crippen molar-refractivity contribution in [1.82, 2.24) is 5.32 Å². The summed E-state index contributed by atoms with van der Waals surface area (Å²) in [6, 6.07) is 7.84. The van der Waals surface area contributed by atoms with E-state index in [1.54, 1.807) is 7.11 Å². The van der Waals surface area contributed by atoms with Gasteiger partial charge in [-0.05, 0) is 24.3 Å². The van der Waals surface area contributed by atoms with Crippen LogP contribution in [0.2, 0.25) is 0 Å². The van der Waals surface area contributed by atoms with Gasteiger partial charge in [-0.25, -0.2) is 0 Å². The van der Waals surface area contributed by atoms with Gasteiger partial charge in [0.25, 0.3) is 0 Å². The van der Waals surface area contributed by atoms with E-state index in [1.165, 1.54) is 0 Å². The smallest absolute Gasteiger partial charge is 0.119 e. The van der Waals surface area contributed by atoms with Crippen LogP contribution in [0.1, 0.15) is 6.42 Å². The van der Waals surface area contributed by atoms with E-state index in [1.807, 2.05) is 24.3 Å². The molecule has 4 nitrogen and oxygen atoms in total. The molecule has 0 aromatic heterocycles. The van der Waals surface area contributed by atoms with Crippen molar-refractivity contribution in [3.63, 3.8) is 0 Å². The van der Waals surface area contributed by atoms with Crippen LogP contribution in [-0.4, -0.2) is 45.6 Å². The third-order valence-electron chi connectivity index (χ3n) is 3.31. The molecule has 1 aliphatic rings. The number of methoxy groups -OCH3 is 1. The number of halogens is 1. The molecule has 1 aromatic carbocycles. The molecule has 1 aliphatic heterocycles. The molecule has 1 fully saturated rings. The van der Waals surface area contributed by atoms with Crippen molar-refractivity contribution in [2.45, 2.75) is 12.0 Å². The van der Waals surface area contributed by atoms with E-state index in [0.29, 0.717) is 13.2 Å². The van der Waals surface area contributed by atoms with Crippen LogP contribution in [0.15, 0.2) is 28.7 Å². The van der Waals surface area contributed by atoms with Gasteiger partial charge in [0.2, 0.25) is 0 Å². The predicted molar refractivity (Wildman–Crippen MR) is 77.7 cm³/mol. The van der Waals surface area contributed by atoms with Crippen LogP contribution in [-0.2, 0) is 9.47 Å². The van der Waals surface area contributed by atoms with Crippen LogP contribution < -0.4 is 10.1 Å². The largest absolute Gasteiger partial charge is 0.492 e. The summed E-state index contributed by atoms with van der Waals surface area (Å²) in [6.45, 7) is 3.69. The van der Waals surface area contributed by atoms with Gasteiger partial charge in [0.05, 0.1) is 6.61 Å². The second-order valence-corrected chi connectivity index (χ2v) is 5.58. The second kappa shape index (κ2) is 7.24. The molecule has 1 saturated heterocycles. The molecule has 0 radical (unpaired) electrons. The zero-order chi connectivity index (χ0) is 13.6. The first-order chi connectivity index (χ1) is 9.24. The van der Waals surface area contributed by atoms with Crippen LogP contribution in [0.4, 0.5) is 0 Å². The van der Waals surface area contributed by atoms with E-state index in [2.05, 4.69) is 21.2 Å². The summed E-state index contributed by atoms with van der Waals surface area (Å²) in [7, 11) is 1.74. The van der Waals surface area contributed by atoms with Gasteiger partial charge in [-0.3, -0.25) is 0 Å². The number of nitrogens with one attached hydrogen (secondary N) is 1. The van der Waals surface area contributed by atoms with E-state index in [4.69, 9.17) is 14.2 Å². The van der Waals surface area contributed by atoms with Crippen molar-refractivity contribution >= 4 is 15.9 Å². The van der Waals surface area contributed by atoms with Crippen LogP contribution in [0.5, 0.6) is 5.75 Å². The van der Waals surface area contributed by atoms with Crippen molar-refractivity contribution in [2.75, 3.05) is 40.0 Å². The lowest BCUT2D eigenvalue weighted by Crippen LogP contribution is -2.44. The molecular weight excluding hydrogens is 310 g/mol. The Bertz CT molecular complexity index is 377. The zero-order valence-corrected chi connectivity index (χ0v) is 12.7. The average molecular weight is 330 g/mol. The minimum absolute atomic E-state index is 0.155. The molecular formula is C14H20BrNO3. The van der Waals surface area contributed by atoms with Crippen molar-refractivity contribution < 1.29 is 14.2 Å². The molecule has 19 heavy (non-hydrogen) atoms. The van der Waals surface area contributed by atoms with Crippen molar-refractivity contribution in [3.05, 3.63) is 28.7 Å². The summed E-state index contributed by atoms with van der Waals surface area (Å²) in [6.07, 6.45) is 0.948. The highest BCUT2D eigenvalue weighted by Gasteiger charge is 2.34. The molecule has 1 atom stereocenters. The summed E-state index contributed by atoms with van der Waals surface area (Å²) < 4.78 is 17.6. The van der Waals surface area contributed by atoms with Gasteiger partial charge in [0, 0.05) is 37.7 Å². The maximum atomic E-state index is 5.64. The number of hydrogen-bond acceptors (Lipinski definition) is 4. The Kier molecular flexibility index (Phi) is 5.63. The second-order valence-electron chi connectivity index (χ2n) is 4.67. The predicted octanol–water partition coefficient (Wildman–Crippen LogP) is 2.22. The summed E-state index contributed by atoms with van der Waals surface area (Å²) in [5.41, 5.74) is -0.155. The van der Waals surface area contributed by atoms with Gasteiger partial charge in [-0.2, -0.15) is 0 Å². The molecule has 1 aromatic rings. The molecule has 5 heteroatoms. The van der Waals surface area contributed by atoms with E-state index >= 15 is 0 Å². The monoisotopic (exact) mass is 329 g/mol. The molecule has 0 bridgehead atoms. The SMILES string of the molecule is COC1(CNCCOc2ccc(Br)cc2)CCOC1. The van der Waals surface area contributed by atoms with E-state index in [0.717, 1.165) is 36.3 Å². The third-order valence-corrected chi connectivity index (χ3v) is 3.84. The Balaban J connectivity index is 1.63. The van der Waals surface area contributed by atoms with Gasteiger partial charge < -0.3 is 19.5 Å². The molecule has 2 rings (SSSR count). The number of hydrogen-bond donors (Lipinski definition) is 1. The highest BCUT2D eigenvalue weighted by Crippen LogP contribution is 2.21. The number of ether oxygens (including phenoxy) is 3. The number of rotatable bonds is 7. The van der Waals surface area contributed by atoms with Crippen LogP contribution in [0.3, 0.4) is 0 Å². The first-order valence-electron chi connectivity index (χ1n) is 6.46. The average Bonchev–Trinajstić information content (AvgIpc) is 2.90. The molecule has 0 saturated carbocycles. The van der Waals surface area contributed by atoms with Crippen molar-refractivity contribution in [2.24, 2.45) is 0 Å². The normalized spacial score (nSPS) is 22.6. The van der Waals surface area contributed by atoms with E-state index in [-0.39, 0.29) is 5.60 Å². The summed E-state index contributed by atoms with van der Waals surface area (Å²) in [5, 5.41) is 3.36. The lowest BCUT2D eigenvalue weighted by molar-refractivity contribution is -0.0159. The van der Waals surface area contributed by atoms with E-state index < -0.39 is 0 Å². The van der Waals surface area contributed by atoms with Crippen LogP contribution >= 0.6 is 15.9 Å². The van der Waals surface area contributed by atoms with Crippen molar-refractivity contribution in [1.29, 1.82) is 0 Å². The molecule has 0 spiro atoms. The van der Waals surface area contributed by atoms with E-state index in [9.17, 15) is 0 Å². The number of benzene rings is 1. The Morgan fingerprint density at radius 2 is 2.16 bits per heavy atom. The van der Waals surface area contributed by atoms with Gasteiger partial charge in [0.15, 0.2) is 0 Å². The van der Waals surface area contributed by atoms with Gasteiger partial charge >= 0.3 is 0 Å². The van der Waals surface area contributed by atoms with Gasteiger partial charge in [0.1, 0.15) is 18.0 Å². The molecule has 0 amide bonds. The molecule has 0 aliphatic carbocycles. The minimum atomic E-state index is -0.155. The minimum Gasteiger partial charge on any atom is -0.492 e. The summed E-state index contributed by atoms with van der Waals surface area (Å²) in [5.74, 6) is 0.885. The van der Waals surface area contributed by atoms with Crippen molar-refractivity contribution in [3.8, 4) is 5.75 Å². The topological polar surface area (TPSA) is 39.7 Å². The fourth-order valence-corrected chi connectivity index (χ4v) is 2.31. The highest BCUT2D eigenvalue weighted by molar-refractivity contribution is 9.10. The van der Waals surface area contributed by atoms with Crippen LogP contribution in [0, 0.1) is 0 Å². The quantitative estimate of drug-likeness (QED) is 0.779. The lowest BCUT2D eigenvalue weighted by Gasteiger charge is -2.26. The Labute approximate surface area is 122 Å². The zero-order valence-electron chi connectivity index (χ0n) is 11.2. The standard InChI is InChI=1S/C14H20BrNO3/c1-17-14(6-8-18-11-14)10-16-7-9-19-13-4-2-12(15)3-5-13/h2-5,16H,6-11H2,1H3. The summed E-state index contributed by atoms with van der Waals surface area (Å²) >= 11 is 3.40.